The highest BCUT2D eigenvalue weighted by atomic mass is 16.4. The van der Waals surface area contributed by atoms with Crippen molar-refractivity contribution in [1.82, 2.24) is 4.90 Å². The highest BCUT2D eigenvalue weighted by Crippen LogP contribution is 2.21. The Morgan fingerprint density at radius 3 is 2.71 bits per heavy atom. The molecule has 0 radical (unpaired) electrons. The summed E-state index contributed by atoms with van der Waals surface area (Å²) in [7, 11) is 1.68. The van der Waals surface area contributed by atoms with Gasteiger partial charge in [0.25, 0.3) is 0 Å². The molecular formula is C15H18N2O4. The summed E-state index contributed by atoms with van der Waals surface area (Å²) in [6, 6.07) is 7.13. The van der Waals surface area contributed by atoms with E-state index in [1.165, 1.54) is 0 Å². The van der Waals surface area contributed by atoms with E-state index < -0.39 is 5.97 Å². The molecule has 1 unspecified atom stereocenters. The third kappa shape index (κ3) is 3.81. The van der Waals surface area contributed by atoms with Crippen LogP contribution in [0.2, 0.25) is 0 Å². The first-order valence-corrected chi connectivity index (χ1v) is 6.82. The second-order valence-electron chi connectivity index (χ2n) is 5.22. The van der Waals surface area contributed by atoms with Gasteiger partial charge in [-0.3, -0.25) is 14.4 Å². The summed E-state index contributed by atoms with van der Waals surface area (Å²) in [6.45, 7) is 0.419. The second-order valence-corrected chi connectivity index (χ2v) is 5.22. The molecule has 6 heteroatoms. The fourth-order valence-corrected chi connectivity index (χ4v) is 2.38. The minimum atomic E-state index is -0.876. The number of benzene rings is 1. The number of likely N-dealkylation sites (tertiary alicyclic amines) is 1. The lowest BCUT2D eigenvalue weighted by Crippen LogP contribution is -2.26. The Bertz CT molecular complexity index is 571. The van der Waals surface area contributed by atoms with Crippen LogP contribution < -0.4 is 5.32 Å². The van der Waals surface area contributed by atoms with E-state index in [4.69, 9.17) is 5.11 Å². The Labute approximate surface area is 122 Å². The van der Waals surface area contributed by atoms with E-state index in [2.05, 4.69) is 5.32 Å². The first-order valence-electron chi connectivity index (χ1n) is 6.82. The number of aryl methyl sites for hydroxylation is 1. The van der Waals surface area contributed by atoms with Gasteiger partial charge >= 0.3 is 5.97 Å². The highest BCUT2D eigenvalue weighted by Gasteiger charge is 2.32. The summed E-state index contributed by atoms with van der Waals surface area (Å²) in [5, 5.41) is 11.6. The molecule has 112 valence electrons. The number of hydrogen-bond acceptors (Lipinski definition) is 3. The van der Waals surface area contributed by atoms with Crippen LogP contribution in [0.25, 0.3) is 0 Å². The maximum absolute atomic E-state index is 12.2. The third-order valence-corrected chi connectivity index (χ3v) is 3.60. The van der Waals surface area contributed by atoms with Crippen molar-refractivity contribution in [3.05, 3.63) is 29.8 Å². The molecule has 6 nitrogen and oxygen atoms in total. The minimum Gasteiger partial charge on any atom is -0.481 e. The summed E-state index contributed by atoms with van der Waals surface area (Å²) >= 11 is 0. The Balaban J connectivity index is 2.04. The SMILES string of the molecule is CN1CC(C(=O)Nc2ccccc2CCC(=O)O)CC1=O. The molecule has 1 fully saturated rings. The molecule has 1 atom stereocenters. The van der Waals surface area contributed by atoms with Crippen LogP contribution >= 0.6 is 0 Å². The Hall–Kier alpha value is -2.37. The first kappa shape index (κ1) is 15.0. The maximum atomic E-state index is 12.2. The van der Waals surface area contributed by atoms with Gasteiger partial charge in [0.15, 0.2) is 0 Å². The van der Waals surface area contributed by atoms with E-state index in [-0.39, 0.29) is 30.6 Å². The van der Waals surface area contributed by atoms with Crippen LogP contribution in [-0.2, 0) is 20.8 Å². The molecule has 0 saturated carbocycles. The highest BCUT2D eigenvalue weighted by molar-refractivity contribution is 5.97. The number of carboxylic acid groups (broad SMARTS) is 1. The molecule has 0 bridgehead atoms. The average molecular weight is 290 g/mol. The van der Waals surface area contributed by atoms with Crippen molar-refractivity contribution in [2.45, 2.75) is 19.3 Å². The van der Waals surface area contributed by atoms with Gasteiger partial charge in [0.2, 0.25) is 11.8 Å². The van der Waals surface area contributed by atoms with Gasteiger partial charge in [-0.15, -0.1) is 0 Å². The molecule has 0 spiro atoms. The van der Waals surface area contributed by atoms with Crippen LogP contribution in [0.15, 0.2) is 24.3 Å². The van der Waals surface area contributed by atoms with Gasteiger partial charge in [0, 0.05) is 32.1 Å². The summed E-state index contributed by atoms with van der Waals surface area (Å²) < 4.78 is 0. The zero-order valence-electron chi connectivity index (χ0n) is 11.8. The number of carbonyl (C=O) groups excluding carboxylic acids is 2. The van der Waals surface area contributed by atoms with Crippen molar-refractivity contribution < 1.29 is 19.5 Å². The standard InChI is InChI=1S/C15H18N2O4/c1-17-9-11(8-13(17)18)15(21)16-12-5-3-2-4-10(12)6-7-14(19)20/h2-5,11H,6-9H2,1H3,(H,16,21)(H,19,20). The molecule has 1 heterocycles. The first-order chi connectivity index (χ1) is 9.97. The molecule has 1 aromatic carbocycles. The number of aliphatic carboxylic acids is 1. The van der Waals surface area contributed by atoms with Crippen LogP contribution in [0, 0.1) is 5.92 Å². The summed E-state index contributed by atoms with van der Waals surface area (Å²) in [5.41, 5.74) is 1.40. The lowest BCUT2D eigenvalue weighted by atomic mass is 10.1. The summed E-state index contributed by atoms with van der Waals surface area (Å²) in [5.74, 6) is -1.46. The number of nitrogens with zero attached hydrogens (tertiary/aromatic N) is 1. The minimum absolute atomic E-state index is 0.0114. The Morgan fingerprint density at radius 1 is 1.38 bits per heavy atom. The van der Waals surface area contributed by atoms with Gasteiger partial charge in [-0.05, 0) is 18.1 Å². The molecule has 1 aliphatic heterocycles. The monoisotopic (exact) mass is 290 g/mol. The van der Waals surface area contributed by atoms with E-state index in [0.29, 0.717) is 18.7 Å². The van der Waals surface area contributed by atoms with Crippen molar-refractivity contribution in [3.63, 3.8) is 0 Å². The number of rotatable bonds is 5. The molecule has 21 heavy (non-hydrogen) atoms. The lowest BCUT2D eigenvalue weighted by Gasteiger charge is -2.13. The predicted molar refractivity (Wildman–Crippen MR) is 76.8 cm³/mol. The van der Waals surface area contributed by atoms with Crippen LogP contribution in [0.3, 0.4) is 0 Å². The normalized spacial score (nSPS) is 17.9. The lowest BCUT2D eigenvalue weighted by molar-refractivity contribution is -0.137. The van der Waals surface area contributed by atoms with Crippen LogP contribution in [0.1, 0.15) is 18.4 Å². The predicted octanol–water partition coefficient (Wildman–Crippen LogP) is 1.12. The van der Waals surface area contributed by atoms with Crippen molar-refractivity contribution in [2.75, 3.05) is 18.9 Å². The van der Waals surface area contributed by atoms with E-state index in [0.717, 1.165) is 5.56 Å². The van der Waals surface area contributed by atoms with Gasteiger partial charge in [0.05, 0.1) is 5.92 Å². The molecule has 0 aliphatic carbocycles. The Kier molecular flexibility index (Phi) is 4.57. The number of para-hydroxylation sites is 1. The van der Waals surface area contributed by atoms with Crippen molar-refractivity contribution in [2.24, 2.45) is 5.92 Å². The molecule has 2 amide bonds. The third-order valence-electron chi connectivity index (χ3n) is 3.60. The van der Waals surface area contributed by atoms with E-state index in [1.807, 2.05) is 0 Å². The van der Waals surface area contributed by atoms with Gasteiger partial charge in [-0.2, -0.15) is 0 Å². The van der Waals surface area contributed by atoms with Crippen molar-refractivity contribution >= 4 is 23.5 Å². The van der Waals surface area contributed by atoms with Gasteiger partial charge in [-0.1, -0.05) is 18.2 Å². The fraction of sp³-hybridized carbons (Fsp3) is 0.400. The average Bonchev–Trinajstić information content (AvgIpc) is 2.78. The molecule has 1 aliphatic rings. The van der Waals surface area contributed by atoms with Gasteiger partial charge in [0.1, 0.15) is 0 Å². The van der Waals surface area contributed by atoms with Crippen molar-refractivity contribution in [3.8, 4) is 0 Å². The summed E-state index contributed by atoms with van der Waals surface area (Å²) in [6.07, 6.45) is 0.590. The number of nitrogens with one attached hydrogen (secondary N) is 1. The topological polar surface area (TPSA) is 86.7 Å². The second kappa shape index (κ2) is 6.39. The molecule has 1 aromatic rings. The fourth-order valence-electron chi connectivity index (χ4n) is 2.38. The molecule has 2 N–H and O–H groups in total. The zero-order chi connectivity index (χ0) is 15.4. The quantitative estimate of drug-likeness (QED) is 0.850. The van der Waals surface area contributed by atoms with Gasteiger partial charge in [-0.25, -0.2) is 0 Å². The van der Waals surface area contributed by atoms with E-state index in [9.17, 15) is 14.4 Å². The van der Waals surface area contributed by atoms with E-state index >= 15 is 0 Å². The largest absolute Gasteiger partial charge is 0.481 e. The zero-order valence-corrected chi connectivity index (χ0v) is 11.8. The number of carbonyl (C=O) groups is 3. The molecule has 0 aromatic heterocycles. The van der Waals surface area contributed by atoms with E-state index in [1.54, 1.807) is 36.2 Å². The Morgan fingerprint density at radius 2 is 2.10 bits per heavy atom. The van der Waals surface area contributed by atoms with Crippen molar-refractivity contribution in [1.29, 1.82) is 0 Å². The molecule has 2 rings (SSSR count). The number of amides is 2. The number of hydrogen-bond donors (Lipinski definition) is 2. The number of carboxylic acids is 1. The summed E-state index contributed by atoms with van der Waals surface area (Å²) in [4.78, 5) is 35.9. The maximum Gasteiger partial charge on any atom is 0.303 e. The number of anilines is 1. The van der Waals surface area contributed by atoms with Crippen LogP contribution in [-0.4, -0.2) is 41.4 Å². The van der Waals surface area contributed by atoms with Crippen LogP contribution in [0.4, 0.5) is 5.69 Å². The van der Waals surface area contributed by atoms with Gasteiger partial charge < -0.3 is 15.3 Å². The van der Waals surface area contributed by atoms with Crippen LogP contribution in [0.5, 0.6) is 0 Å². The molecule has 1 saturated heterocycles. The smallest absolute Gasteiger partial charge is 0.303 e. The molecular weight excluding hydrogens is 272 g/mol.